The zero-order chi connectivity index (χ0) is 23.4. The standard InChI is InChI=1S/C20H18Cl2N4O6/c1-30-15-9-13(17(26(28)29)19(32-3)18(15)31-2)20(27)24-16-6-7-23-25(16)10-11-4-5-12(21)8-14(11)22/h4-9H,10H2,1-3H3,(H,24,27). The molecule has 0 unspecified atom stereocenters. The number of anilines is 1. The molecule has 3 aromatic rings. The molecule has 0 aliphatic rings. The summed E-state index contributed by atoms with van der Waals surface area (Å²) in [7, 11) is 3.89. The number of hydrogen-bond acceptors (Lipinski definition) is 7. The van der Waals surface area contributed by atoms with Crippen LogP contribution in [0.3, 0.4) is 0 Å². The van der Waals surface area contributed by atoms with Crippen molar-refractivity contribution in [2.45, 2.75) is 6.54 Å². The molecule has 2 aromatic carbocycles. The van der Waals surface area contributed by atoms with Crippen LogP contribution < -0.4 is 19.5 Å². The molecule has 0 aliphatic heterocycles. The van der Waals surface area contributed by atoms with Crippen LogP contribution in [0.15, 0.2) is 36.5 Å². The minimum atomic E-state index is -0.764. The first-order valence-corrected chi connectivity index (χ1v) is 9.80. The molecule has 0 spiro atoms. The summed E-state index contributed by atoms with van der Waals surface area (Å²) in [6.07, 6.45) is 1.48. The van der Waals surface area contributed by atoms with Crippen LogP contribution in [0.5, 0.6) is 17.2 Å². The summed E-state index contributed by atoms with van der Waals surface area (Å²) in [5, 5.41) is 19.5. The molecule has 0 aliphatic carbocycles. The van der Waals surface area contributed by atoms with Gasteiger partial charge in [0, 0.05) is 22.2 Å². The Morgan fingerprint density at radius 1 is 1.12 bits per heavy atom. The third-order valence-corrected chi connectivity index (χ3v) is 5.11. The van der Waals surface area contributed by atoms with Gasteiger partial charge in [-0.15, -0.1) is 0 Å². The maximum absolute atomic E-state index is 13.0. The number of carbonyl (C=O) groups is 1. The van der Waals surface area contributed by atoms with Gasteiger partial charge in [0.2, 0.25) is 11.5 Å². The van der Waals surface area contributed by atoms with E-state index in [4.69, 9.17) is 37.4 Å². The van der Waals surface area contributed by atoms with Gasteiger partial charge in [0.25, 0.3) is 5.91 Å². The highest BCUT2D eigenvalue weighted by atomic mass is 35.5. The van der Waals surface area contributed by atoms with Crippen molar-refractivity contribution in [1.82, 2.24) is 9.78 Å². The van der Waals surface area contributed by atoms with E-state index in [1.165, 1.54) is 38.3 Å². The lowest BCUT2D eigenvalue weighted by atomic mass is 10.1. The molecule has 0 atom stereocenters. The van der Waals surface area contributed by atoms with E-state index in [0.717, 1.165) is 0 Å². The fraction of sp³-hybridized carbons (Fsp3) is 0.200. The first-order valence-electron chi connectivity index (χ1n) is 9.05. The Balaban J connectivity index is 1.98. The van der Waals surface area contributed by atoms with Gasteiger partial charge in [-0.25, -0.2) is 4.68 Å². The number of nitrogens with zero attached hydrogens (tertiary/aromatic N) is 3. The fourth-order valence-electron chi connectivity index (χ4n) is 3.06. The van der Waals surface area contributed by atoms with E-state index in [1.54, 1.807) is 24.3 Å². The Morgan fingerprint density at radius 3 is 2.44 bits per heavy atom. The monoisotopic (exact) mass is 480 g/mol. The SMILES string of the molecule is COc1cc(C(=O)Nc2ccnn2Cc2ccc(Cl)cc2Cl)c([N+](=O)[O-])c(OC)c1OC. The van der Waals surface area contributed by atoms with Gasteiger partial charge in [0.1, 0.15) is 11.4 Å². The molecule has 0 saturated carbocycles. The summed E-state index contributed by atoms with van der Waals surface area (Å²) in [6, 6.07) is 7.78. The zero-order valence-corrected chi connectivity index (χ0v) is 18.7. The van der Waals surface area contributed by atoms with E-state index in [0.29, 0.717) is 21.4 Å². The molecule has 0 bridgehead atoms. The number of hydrogen-bond donors (Lipinski definition) is 1. The maximum Gasteiger partial charge on any atom is 0.327 e. The molecule has 1 heterocycles. The van der Waals surface area contributed by atoms with Gasteiger partial charge in [0.15, 0.2) is 5.75 Å². The number of nitro benzene ring substituents is 1. The first kappa shape index (κ1) is 23.2. The summed E-state index contributed by atoms with van der Waals surface area (Å²) < 4.78 is 17.0. The van der Waals surface area contributed by atoms with Gasteiger partial charge < -0.3 is 19.5 Å². The summed E-state index contributed by atoms with van der Waals surface area (Å²) in [5.74, 6) is -0.602. The van der Waals surface area contributed by atoms with Gasteiger partial charge in [-0.2, -0.15) is 5.10 Å². The van der Waals surface area contributed by atoms with Gasteiger partial charge in [0.05, 0.1) is 39.0 Å². The molecule has 1 amide bonds. The number of amides is 1. The van der Waals surface area contributed by atoms with E-state index < -0.39 is 16.5 Å². The van der Waals surface area contributed by atoms with Crippen LogP contribution in [-0.4, -0.2) is 41.9 Å². The Labute approximate surface area is 192 Å². The van der Waals surface area contributed by atoms with E-state index in [2.05, 4.69) is 10.4 Å². The normalized spacial score (nSPS) is 10.5. The molecule has 168 valence electrons. The summed E-state index contributed by atoms with van der Waals surface area (Å²) in [4.78, 5) is 24.1. The van der Waals surface area contributed by atoms with Crippen molar-refractivity contribution in [3.05, 3.63) is 67.8 Å². The number of benzene rings is 2. The number of halogens is 2. The molecule has 1 N–H and O–H groups in total. The van der Waals surface area contributed by atoms with E-state index in [1.807, 2.05) is 0 Å². The zero-order valence-electron chi connectivity index (χ0n) is 17.2. The van der Waals surface area contributed by atoms with Gasteiger partial charge in [-0.05, 0) is 17.7 Å². The summed E-state index contributed by atoms with van der Waals surface area (Å²) in [5.41, 5.74) is -0.120. The lowest BCUT2D eigenvalue weighted by Gasteiger charge is -2.15. The van der Waals surface area contributed by atoms with Gasteiger partial charge in [-0.1, -0.05) is 29.3 Å². The highest BCUT2D eigenvalue weighted by molar-refractivity contribution is 6.35. The molecule has 0 saturated heterocycles. The van der Waals surface area contributed by atoms with E-state index >= 15 is 0 Å². The van der Waals surface area contributed by atoms with Crippen LogP contribution in [-0.2, 0) is 6.54 Å². The van der Waals surface area contributed by atoms with Crippen LogP contribution >= 0.6 is 23.2 Å². The van der Waals surface area contributed by atoms with Crippen molar-refractivity contribution < 1.29 is 23.9 Å². The second-order valence-corrected chi connectivity index (χ2v) is 7.21. The van der Waals surface area contributed by atoms with Crippen LogP contribution in [0.4, 0.5) is 11.5 Å². The molecule has 10 nitrogen and oxygen atoms in total. The van der Waals surface area contributed by atoms with Crippen molar-refractivity contribution in [1.29, 1.82) is 0 Å². The molecule has 3 rings (SSSR count). The largest absolute Gasteiger partial charge is 0.493 e. The Kier molecular flexibility index (Phi) is 7.06. The lowest BCUT2D eigenvalue weighted by molar-refractivity contribution is -0.386. The number of ether oxygens (including phenoxy) is 3. The predicted octanol–water partition coefficient (Wildman–Crippen LogP) is 4.42. The number of aromatic nitrogens is 2. The van der Waals surface area contributed by atoms with Crippen LogP contribution in [0.2, 0.25) is 10.0 Å². The second-order valence-electron chi connectivity index (χ2n) is 6.36. The van der Waals surface area contributed by atoms with E-state index in [-0.39, 0.29) is 29.4 Å². The molecule has 32 heavy (non-hydrogen) atoms. The average Bonchev–Trinajstić information content (AvgIpc) is 3.20. The summed E-state index contributed by atoms with van der Waals surface area (Å²) >= 11 is 12.2. The first-order chi connectivity index (χ1) is 15.3. The summed E-state index contributed by atoms with van der Waals surface area (Å²) in [6.45, 7) is 0.232. The Hall–Kier alpha value is -3.50. The molecule has 0 radical (unpaired) electrons. The molecule has 12 heteroatoms. The minimum absolute atomic E-state index is 0.000622. The number of nitrogens with one attached hydrogen (secondary N) is 1. The van der Waals surface area contributed by atoms with Crippen molar-refractivity contribution in [2.75, 3.05) is 26.6 Å². The highest BCUT2D eigenvalue weighted by Gasteiger charge is 2.32. The van der Waals surface area contributed by atoms with Crippen LogP contribution in [0.1, 0.15) is 15.9 Å². The van der Waals surface area contributed by atoms with Crippen molar-refractivity contribution >= 4 is 40.6 Å². The topological polar surface area (TPSA) is 118 Å². The predicted molar refractivity (Wildman–Crippen MR) is 118 cm³/mol. The Morgan fingerprint density at radius 2 is 1.84 bits per heavy atom. The highest BCUT2D eigenvalue weighted by Crippen LogP contribution is 2.46. The van der Waals surface area contributed by atoms with Crippen molar-refractivity contribution in [3.8, 4) is 17.2 Å². The molecular formula is C20H18Cl2N4O6. The third kappa shape index (κ3) is 4.56. The molecule has 0 fully saturated rings. The third-order valence-electron chi connectivity index (χ3n) is 4.52. The van der Waals surface area contributed by atoms with Crippen LogP contribution in [0.25, 0.3) is 0 Å². The number of rotatable bonds is 8. The van der Waals surface area contributed by atoms with Crippen molar-refractivity contribution in [2.24, 2.45) is 0 Å². The number of methoxy groups -OCH3 is 3. The average molecular weight is 481 g/mol. The second kappa shape index (κ2) is 9.75. The van der Waals surface area contributed by atoms with Gasteiger partial charge in [-0.3, -0.25) is 14.9 Å². The van der Waals surface area contributed by atoms with E-state index in [9.17, 15) is 14.9 Å². The van der Waals surface area contributed by atoms with Gasteiger partial charge >= 0.3 is 5.69 Å². The van der Waals surface area contributed by atoms with Crippen molar-refractivity contribution in [3.63, 3.8) is 0 Å². The lowest BCUT2D eigenvalue weighted by Crippen LogP contribution is -2.18. The maximum atomic E-state index is 13.0. The fourth-order valence-corrected chi connectivity index (χ4v) is 3.52. The molecule has 1 aromatic heterocycles. The molecular weight excluding hydrogens is 463 g/mol. The minimum Gasteiger partial charge on any atom is -0.493 e. The van der Waals surface area contributed by atoms with Crippen LogP contribution in [0, 0.1) is 10.1 Å². The smallest absolute Gasteiger partial charge is 0.327 e. The number of nitro groups is 1. The number of carbonyl (C=O) groups excluding carboxylic acids is 1. The Bertz CT molecular complexity index is 1180. The quantitative estimate of drug-likeness (QED) is 0.374.